The highest BCUT2D eigenvalue weighted by molar-refractivity contribution is 5.81. The first-order valence-electron chi connectivity index (χ1n) is 10.7. The van der Waals surface area contributed by atoms with E-state index in [1.54, 1.807) is 6.07 Å². The molecule has 0 unspecified atom stereocenters. The first-order chi connectivity index (χ1) is 16.1. The van der Waals surface area contributed by atoms with E-state index < -0.39 is 5.97 Å². The number of aliphatic carboxylic acids is 1. The van der Waals surface area contributed by atoms with Crippen molar-refractivity contribution < 1.29 is 19.5 Å². The fourth-order valence-corrected chi connectivity index (χ4v) is 3.61. The van der Waals surface area contributed by atoms with Gasteiger partial charge in [0.25, 0.3) is 0 Å². The summed E-state index contributed by atoms with van der Waals surface area (Å²) in [5.41, 5.74) is 7.86. The van der Waals surface area contributed by atoms with Crippen LogP contribution in [0.1, 0.15) is 16.7 Å². The van der Waals surface area contributed by atoms with E-state index in [1.807, 2.05) is 67.6 Å². The third-order valence-corrected chi connectivity index (χ3v) is 5.24. The zero-order chi connectivity index (χ0) is 23.0. The number of rotatable bonds is 10. The van der Waals surface area contributed by atoms with Gasteiger partial charge in [-0.1, -0.05) is 48.5 Å². The summed E-state index contributed by atoms with van der Waals surface area (Å²) in [6, 6.07) is 25.9. The minimum atomic E-state index is -1.01. The molecule has 0 atom stereocenters. The van der Waals surface area contributed by atoms with Gasteiger partial charge in [-0.25, -0.2) is 4.79 Å². The molecule has 0 fully saturated rings. The Balaban J connectivity index is 1.48. The van der Waals surface area contributed by atoms with Crippen LogP contribution >= 0.6 is 0 Å². The number of para-hydroxylation sites is 1. The molecule has 33 heavy (non-hydrogen) atoms. The summed E-state index contributed by atoms with van der Waals surface area (Å²) in [5.74, 6) is -0.464. The summed E-state index contributed by atoms with van der Waals surface area (Å²) in [5, 5.41) is 10.1. The second-order valence-electron chi connectivity index (χ2n) is 7.65. The van der Waals surface area contributed by atoms with Crippen LogP contribution < -0.4 is 10.2 Å². The molecule has 6 heteroatoms. The molecule has 0 aliphatic heterocycles. The highest BCUT2D eigenvalue weighted by Crippen LogP contribution is 2.24. The SMILES string of the molecule is Cc1cc(C(=Cc2ccccc2)NOCCn2ccc3ccccc32)ccc1OCC(=O)O. The minimum absolute atomic E-state index is 0.373. The molecular formula is C27H26N2O4. The van der Waals surface area contributed by atoms with Gasteiger partial charge in [-0.15, -0.1) is 0 Å². The molecule has 1 heterocycles. The Labute approximate surface area is 192 Å². The molecule has 1 aromatic heterocycles. The number of aromatic nitrogens is 1. The zero-order valence-corrected chi connectivity index (χ0v) is 18.4. The number of nitrogens with one attached hydrogen (secondary N) is 1. The molecule has 0 bridgehead atoms. The number of hydrogen-bond donors (Lipinski definition) is 2. The van der Waals surface area contributed by atoms with Crippen LogP contribution in [0.4, 0.5) is 0 Å². The summed E-state index contributed by atoms with van der Waals surface area (Å²) in [6.07, 6.45) is 4.07. The highest BCUT2D eigenvalue weighted by atomic mass is 16.6. The Morgan fingerprint density at radius 2 is 1.82 bits per heavy atom. The van der Waals surface area contributed by atoms with Crippen molar-refractivity contribution in [3.63, 3.8) is 0 Å². The average molecular weight is 443 g/mol. The Morgan fingerprint density at radius 1 is 1.03 bits per heavy atom. The lowest BCUT2D eigenvalue weighted by molar-refractivity contribution is -0.139. The van der Waals surface area contributed by atoms with Crippen LogP contribution in [0.25, 0.3) is 22.7 Å². The van der Waals surface area contributed by atoms with Gasteiger partial charge in [0.05, 0.1) is 12.3 Å². The van der Waals surface area contributed by atoms with Crippen LogP contribution in [0, 0.1) is 6.92 Å². The monoisotopic (exact) mass is 442 g/mol. The summed E-state index contributed by atoms with van der Waals surface area (Å²) >= 11 is 0. The Morgan fingerprint density at radius 3 is 2.61 bits per heavy atom. The van der Waals surface area contributed by atoms with Gasteiger partial charge >= 0.3 is 5.97 Å². The molecule has 0 saturated heterocycles. The number of fused-ring (bicyclic) bond motifs is 1. The van der Waals surface area contributed by atoms with Crippen LogP contribution in [-0.4, -0.2) is 28.9 Å². The van der Waals surface area contributed by atoms with Gasteiger partial charge in [0.1, 0.15) is 5.75 Å². The summed E-state index contributed by atoms with van der Waals surface area (Å²) in [4.78, 5) is 16.6. The molecule has 0 radical (unpaired) electrons. The van der Waals surface area contributed by atoms with Crippen molar-refractivity contribution in [1.29, 1.82) is 0 Å². The largest absolute Gasteiger partial charge is 0.482 e. The number of benzene rings is 3. The van der Waals surface area contributed by atoms with Crippen LogP contribution in [0.15, 0.2) is 85.1 Å². The lowest BCUT2D eigenvalue weighted by Gasteiger charge is -2.15. The van der Waals surface area contributed by atoms with Gasteiger partial charge in [-0.05, 0) is 59.8 Å². The predicted octanol–water partition coefficient (Wildman–Crippen LogP) is 5.13. The lowest BCUT2D eigenvalue weighted by Crippen LogP contribution is -2.17. The van der Waals surface area contributed by atoms with E-state index in [1.165, 1.54) is 10.9 Å². The highest BCUT2D eigenvalue weighted by Gasteiger charge is 2.08. The van der Waals surface area contributed by atoms with Crippen LogP contribution in [0.2, 0.25) is 0 Å². The Kier molecular flexibility index (Phi) is 7.07. The number of hydroxylamine groups is 1. The molecule has 0 saturated carbocycles. The molecular weight excluding hydrogens is 416 g/mol. The van der Waals surface area contributed by atoms with Crippen molar-refractivity contribution in [2.24, 2.45) is 0 Å². The maximum atomic E-state index is 10.8. The minimum Gasteiger partial charge on any atom is -0.482 e. The number of hydrogen-bond acceptors (Lipinski definition) is 4. The maximum absolute atomic E-state index is 10.8. The van der Waals surface area contributed by atoms with Crippen molar-refractivity contribution in [2.45, 2.75) is 13.5 Å². The van der Waals surface area contributed by atoms with E-state index in [0.717, 1.165) is 22.4 Å². The van der Waals surface area contributed by atoms with Gasteiger partial charge < -0.3 is 14.4 Å². The van der Waals surface area contributed by atoms with E-state index in [2.05, 4.69) is 34.4 Å². The predicted molar refractivity (Wildman–Crippen MR) is 130 cm³/mol. The van der Waals surface area contributed by atoms with E-state index in [0.29, 0.717) is 18.9 Å². The standard InChI is InChI=1S/C27H26N2O4/c1-20-17-23(11-12-26(20)32-19-27(30)31)24(18-21-7-3-2-4-8-21)28-33-16-15-29-14-13-22-9-5-6-10-25(22)29/h2-14,17-18,28H,15-16,19H2,1H3,(H,30,31). The average Bonchev–Trinajstić information content (AvgIpc) is 3.24. The number of ether oxygens (including phenoxy) is 1. The number of carboxylic acids is 1. The summed E-state index contributed by atoms with van der Waals surface area (Å²) < 4.78 is 7.52. The van der Waals surface area contributed by atoms with E-state index in [-0.39, 0.29) is 6.61 Å². The summed E-state index contributed by atoms with van der Waals surface area (Å²) in [6.45, 7) is 2.70. The lowest BCUT2D eigenvalue weighted by atomic mass is 10.1. The second-order valence-corrected chi connectivity index (χ2v) is 7.65. The third-order valence-electron chi connectivity index (χ3n) is 5.24. The molecule has 0 spiro atoms. The van der Waals surface area contributed by atoms with Crippen molar-refractivity contribution in [1.82, 2.24) is 10.0 Å². The molecule has 4 rings (SSSR count). The Hall–Kier alpha value is -4.03. The molecule has 4 aromatic rings. The normalized spacial score (nSPS) is 11.5. The molecule has 168 valence electrons. The smallest absolute Gasteiger partial charge is 0.341 e. The third kappa shape index (κ3) is 5.81. The van der Waals surface area contributed by atoms with Gasteiger partial charge in [0.15, 0.2) is 6.61 Å². The van der Waals surface area contributed by atoms with Crippen LogP contribution in [0.5, 0.6) is 5.75 Å². The second kappa shape index (κ2) is 10.5. The molecule has 0 aliphatic rings. The topological polar surface area (TPSA) is 72.7 Å². The fraction of sp³-hybridized carbons (Fsp3) is 0.148. The van der Waals surface area contributed by atoms with E-state index in [4.69, 9.17) is 14.7 Å². The molecule has 0 aliphatic carbocycles. The van der Waals surface area contributed by atoms with Crippen molar-refractivity contribution in [2.75, 3.05) is 13.2 Å². The molecule has 2 N–H and O–H groups in total. The number of carboxylic acid groups (broad SMARTS) is 1. The fourth-order valence-electron chi connectivity index (χ4n) is 3.61. The van der Waals surface area contributed by atoms with Crippen LogP contribution in [0.3, 0.4) is 0 Å². The van der Waals surface area contributed by atoms with Gasteiger partial charge in [0.2, 0.25) is 0 Å². The number of aryl methyl sites for hydroxylation is 1. The molecule has 3 aromatic carbocycles. The number of carbonyl (C=O) groups is 1. The number of nitrogens with zero attached hydrogens (tertiary/aromatic N) is 1. The Bertz CT molecular complexity index is 1260. The van der Waals surface area contributed by atoms with E-state index >= 15 is 0 Å². The quantitative estimate of drug-likeness (QED) is 0.202. The molecule has 6 nitrogen and oxygen atoms in total. The first-order valence-corrected chi connectivity index (χ1v) is 10.7. The van der Waals surface area contributed by atoms with E-state index in [9.17, 15) is 4.79 Å². The first kappa shape index (κ1) is 22.2. The van der Waals surface area contributed by atoms with Gasteiger partial charge in [-0.2, -0.15) is 0 Å². The molecule has 0 amide bonds. The van der Waals surface area contributed by atoms with Gasteiger partial charge in [0, 0.05) is 23.8 Å². The van der Waals surface area contributed by atoms with Crippen molar-refractivity contribution in [3.05, 3.63) is 102 Å². The van der Waals surface area contributed by atoms with Crippen molar-refractivity contribution in [3.8, 4) is 5.75 Å². The zero-order valence-electron chi connectivity index (χ0n) is 18.4. The van der Waals surface area contributed by atoms with Crippen LogP contribution in [-0.2, 0) is 16.2 Å². The summed E-state index contributed by atoms with van der Waals surface area (Å²) in [7, 11) is 0. The maximum Gasteiger partial charge on any atom is 0.341 e. The van der Waals surface area contributed by atoms with Gasteiger partial charge in [-0.3, -0.25) is 10.3 Å². The van der Waals surface area contributed by atoms with Crippen molar-refractivity contribution >= 4 is 28.6 Å².